The van der Waals surface area contributed by atoms with Crippen LogP contribution >= 0.6 is 0 Å². The van der Waals surface area contributed by atoms with Crippen LogP contribution in [0.25, 0.3) is 10.9 Å². The maximum absolute atomic E-state index is 5.16. The first-order chi connectivity index (χ1) is 6.95. The molecule has 0 saturated carbocycles. The number of rotatable bonds is 1. The van der Waals surface area contributed by atoms with Crippen LogP contribution in [0.2, 0.25) is 0 Å². The molecule has 2 aromatic rings. The van der Waals surface area contributed by atoms with Crippen LogP contribution in [0.4, 0.5) is 5.69 Å². The highest BCUT2D eigenvalue weighted by atomic mass is 16.5. The fourth-order valence-corrected chi connectivity index (χ4v) is 1.73. The molecule has 3 nitrogen and oxygen atoms in total. The molecule has 70 valence electrons. The van der Waals surface area contributed by atoms with Gasteiger partial charge in [0.1, 0.15) is 6.26 Å². The normalized spacial score (nSPS) is 15.0. The average molecular weight is 186 g/mol. The van der Waals surface area contributed by atoms with Crippen molar-refractivity contribution in [3.63, 3.8) is 0 Å². The van der Waals surface area contributed by atoms with Crippen molar-refractivity contribution in [1.29, 1.82) is 0 Å². The lowest BCUT2D eigenvalue weighted by atomic mass is 10.2. The Hall–Kier alpha value is -1.90. The molecule has 1 aliphatic rings. The minimum atomic E-state index is 0.599. The van der Waals surface area contributed by atoms with Gasteiger partial charge in [0.15, 0.2) is 6.73 Å². The molecule has 0 aliphatic carbocycles. The zero-order chi connectivity index (χ0) is 9.38. The maximum atomic E-state index is 5.16. The van der Waals surface area contributed by atoms with Gasteiger partial charge in [0.2, 0.25) is 0 Å². The number of nitrogens with zero attached hydrogens (tertiary/aromatic N) is 1. The standard InChI is InChI=1S/C11H10N2O/c1-2-4-10-9(3-1)11(7-12-10)13-5-6-14-8-13/h1-7,12H,8H2. The van der Waals surface area contributed by atoms with Gasteiger partial charge in [-0.3, -0.25) is 0 Å². The second kappa shape index (κ2) is 2.80. The summed E-state index contributed by atoms with van der Waals surface area (Å²) in [5.41, 5.74) is 2.32. The van der Waals surface area contributed by atoms with Crippen LogP contribution in [0.1, 0.15) is 0 Å². The molecule has 0 saturated heterocycles. The summed E-state index contributed by atoms with van der Waals surface area (Å²) in [6.45, 7) is 0.599. The molecule has 0 amide bonds. The first kappa shape index (κ1) is 7.50. The highest BCUT2D eigenvalue weighted by Gasteiger charge is 2.11. The van der Waals surface area contributed by atoms with Crippen molar-refractivity contribution in [3.8, 4) is 0 Å². The third-order valence-electron chi connectivity index (χ3n) is 2.43. The van der Waals surface area contributed by atoms with Crippen LogP contribution in [0.5, 0.6) is 0 Å². The third kappa shape index (κ3) is 0.988. The van der Waals surface area contributed by atoms with Gasteiger partial charge < -0.3 is 14.6 Å². The summed E-state index contributed by atoms with van der Waals surface area (Å²) in [5, 5.41) is 1.22. The number of aromatic amines is 1. The number of ether oxygens (including phenoxy) is 1. The van der Waals surface area contributed by atoms with Crippen molar-refractivity contribution in [2.75, 3.05) is 11.6 Å². The highest BCUT2D eigenvalue weighted by Crippen LogP contribution is 2.27. The van der Waals surface area contributed by atoms with E-state index in [2.05, 4.69) is 22.0 Å². The Balaban J connectivity index is 2.16. The summed E-state index contributed by atoms with van der Waals surface area (Å²) in [5.74, 6) is 0. The quantitative estimate of drug-likeness (QED) is 0.740. The third-order valence-corrected chi connectivity index (χ3v) is 2.43. The van der Waals surface area contributed by atoms with E-state index in [4.69, 9.17) is 4.74 Å². The second-order valence-electron chi connectivity index (χ2n) is 3.27. The van der Waals surface area contributed by atoms with Gasteiger partial charge in [-0.05, 0) is 6.07 Å². The van der Waals surface area contributed by atoms with Gasteiger partial charge >= 0.3 is 0 Å². The van der Waals surface area contributed by atoms with Crippen molar-refractivity contribution < 1.29 is 4.74 Å². The molecule has 3 rings (SSSR count). The zero-order valence-electron chi connectivity index (χ0n) is 7.60. The summed E-state index contributed by atoms with van der Waals surface area (Å²) in [4.78, 5) is 5.30. The molecule has 0 bridgehead atoms. The summed E-state index contributed by atoms with van der Waals surface area (Å²) in [7, 11) is 0. The van der Waals surface area contributed by atoms with Crippen LogP contribution in [0.15, 0.2) is 42.9 Å². The molecule has 1 N–H and O–H groups in total. The number of anilines is 1. The van der Waals surface area contributed by atoms with Crippen LogP contribution in [0, 0.1) is 0 Å². The summed E-state index contributed by atoms with van der Waals surface area (Å²) < 4.78 is 5.16. The fraction of sp³-hybridized carbons (Fsp3) is 0.0909. The van der Waals surface area contributed by atoms with Gasteiger partial charge in [-0.25, -0.2) is 0 Å². The van der Waals surface area contributed by atoms with Crippen molar-refractivity contribution in [1.82, 2.24) is 4.98 Å². The Labute approximate surface area is 81.6 Å². The minimum absolute atomic E-state index is 0.599. The summed E-state index contributed by atoms with van der Waals surface area (Å²) in [6.07, 6.45) is 5.65. The summed E-state index contributed by atoms with van der Waals surface area (Å²) in [6, 6.07) is 8.24. The van der Waals surface area contributed by atoms with Crippen LogP contribution in [-0.2, 0) is 4.74 Å². The smallest absolute Gasteiger partial charge is 0.164 e. The molecular weight excluding hydrogens is 176 g/mol. The Morgan fingerprint density at radius 1 is 1.29 bits per heavy atom. The SMILES string of the molecule is C1=CN(c2c[nH]c3ccccc23)CO1. The van der Waals surface area contributed by atoms with Gasteiger partial charge in [0.05, 0.1) is 5.69 Å². The molecule has 0 spiro atoms. The number of aromatic nitrogens is 1. The molecule has 1 aliphatic heterocycles. The van der Waals surface area contributed by atoms with Gasteiger partial charge in [-0.1, -0.05) is 18.2 Å². The van der Waals surface area contributed by atoms with E-state index < -0.39 is 0 Å². The number of nitrogens with one attached hydrogen (secondary N) is 1. The van der Waals surface area contributed by atoms with E-state index in [1.165, 1.54) is 5.39 Å². The molecule has 3 heteroatoms. The first-order valence-corrected chi connectivity index (χ1v) is 4.56. The molecule has 0 atom stereocenters. The Bertz CT molecular complexity index is 487. The zero-order valence-corrected chi connectivity index (χ0v) is 7.60. The second-order valence-corrected chi connectivity index (χ2v) is 3.27. The number of para-hydroxylation sites is 1. The number of hydrogen-bond acceptors (Lipinski definition) is 2. The van der Waals surface area contributed by atoms with Crippen molar-refractivity contribution in [2.45, 2.75) is 0 Å². The van der Waals surface area contributed by atoms with Gasteiger partial charge in [-0.2, -0.15) is 0 Å². The molecular formula is C11H10N2O. The topological polar surface area (TPSA) is 28.3 Å². The van der Waals surface area contributed by atoms with Gasteiger partial charge in [-0.15, -0.1) is 0 Å². The molecule has 0 unspecified atom stereocenters. The first-order valence-electron chi connectivity index (χ1n) is 4.56. The molecule has 1 aromatic heterocycles. The highest BCUT2D eigenvalue weighted by molar-refractivity contribution is 5.93. The fourth-order valence-electron chi connectivity index (χ4n) is 1.73. The van der Waals surface area contributed by atoms with Crippen LogP contribution in [0.3, 0.4) is 0 Å². The number of hydrogen-bond donors (Lipinski definition) is 1. The molecule has 0 radical (unpaired) electrons. The van der Waals surface area contributed by atoms with E-state index >= 15 is 0 Å². The molecule has 1 aromatic carbocycles. The van der Waals surface area contributed by atoms with Crippen LogP contribution < -0.4 is 4.90 Å². The number of benzene rings is 1. The van der Waals surface area contributed by atoms with Crippen molar-refractivity contribution >= 4 is 16.6 Å². The lowest BCUT2D eigenvalue weighted by molar-refractivity contribution is 0.282. The van der Waals surface area contributed by atoms with Gasteiger partial charge in [0, 0.05) is 23.3 Å². The summed E-state index contributed by atoms with van der Waals surface area (Å²) >= 11 is 0. The Morgan fingerprint density at radius 2 is 2.21 bits per heavy atom. The Kier molecular flexibility index (Phi) is 1.50. The molecule has 2 heterocycles. The largest absolute Gasteiger partial charge is 0.479 e. The van der Waals surface area contributed by atoms with Gasteiger partial charge in [0.25, 0.3) is 0 Å². The van der Waals surface area contributed by atoms with E-state index in [-0.39, 0.29) is 0 Å². The van der Waals surface area contributed by atoms with E-state index in [0.717, 1.165) is 11.2 Å². The van der Waals surface area contributed by atoms with E-state index in [9.17, 15) is 0 Å². The number of fused-ring (bicyclic) bond motifs is 1. The lowest BCUT2D eigenvalue weighted by Crippen LogP contribution is -2.12. The Morgan fingerprint density at radius 3 is 3.07 bits per heavy atom. The molecule has 0 fully saturated rings. The van der Waals surface area contributed by atoms with E-state index in [1.54, 1.807) is 6.26 Å². The van der Waals surface area contributed by atoms with Crippen molar-refractivity contribution in [2.24, 2.45) is 0 Å². The van der Waals surface area contributed by atoms with E-state index in [1.807, 2.05) is 24.5 Å². The van der Waals surface area contributed by atoms with E-state index in [0.29, 0.717) is 6.73 Å². The minimum Gasteiger partial charge on any atom is -0.479 e. The van der Waals surface area contributed by atoms with Crippen molar-refractivity contribution in [3.05, 3.63) is 42.9 Å². The average Bonchev–Trinajstić information content (AvgIpc) is 2.85. The molecule has 14 heavy (non-hydrogen) atoms. The predicted octanol–water partition coefficient (Wildman–Crippen LogP) is 2.43. The monoisotopic (exact) mass is 186 g/mol. The lowest BCUT2D eigenvalue weighted by Gasteiger charge is -2.11. The predicted molar refractivity (Wildman–Crippen MR) is 55.9 cm³/mol. The van der Waals surface area contributed by atoms with Crippen LogP contribution in [-0.4, -0.2) is 11.7 Å². The number of H-pyrrole nitrogens is 1. The maximum Gasteiger partial charge on any atom is 0.164 e.